The van der Waals surface area contributed by atoms with E-state index in [1.54, 1.807) is 6.26 Å². The maximum absolute atomic E-state index is 5.82. The van der Waals surface area contributed by atoms with Crippen LogP contribution in [0, 0.1) is 0 Å². The fourth-order valence-corrected chi connectivity index (χ4v) is 12.4. The van der Waals surface area contributed by atoms with Gasteiger partial charge in [0.15, 0.2) is 0 Å². The summed E-state index contributed by atoms with van der Waals surface area (Å²) in [6, 6.07) is 103. The topological polar surface area (TPSA) is 16.4 Å². The Morgan fingerprint density at radius 1 is 0.264 bits per heavy atom. The fraction of sp³-hybridized carbons (Fsp3) is 0.0286. The molecule has 0 bridgehead atoms. The van der Waals surface area contributed by atoms with Crippen LogP contribution in [0.3, 0.4) is 0 Å². The van der Waals surface area contributed by atoms with Crippen molar-refractivity contribution in [1.29, 1.82) is 0 Å². The number of nitrogens with zero attached hydrogens (tertiary/aromatic N) is 1. The van der Waals surface area contributed by atoms with Gasteiger partial charge in [0.05, 0.1) is 17.1 Å². The molecule has 2 nitrogen and oxygen atoms in total. The van der Waals surface area contributed by atoms with Crippen LogP contribution >= 0.6 is 0 Å². The maximum atomic E-state index is 5.82. The molecule has 1 aromatic heterocycles. The molecular weight excluding hydrogens is 871 g/mol. The van der Waals surface area contributed by atoms with E-state index in [0.29, 0.717) is 0 Å². The molecule has 0 N–H and O–H groups in total. The van der Waals surface area contributed by atoms with Gasteiger partial charge in [0, 0.05) is 22.4 Å². The lowest BCUT2D eigenvalue weighted by molar-refractivity contribution is 0.616. The molecule has 14 rings (SSSR count). The number of hydrogen-bond acceptors (Lipinski definition) is 2. The molecule has 72 heavy (non-hydrogen) atoms. The van der Waals surface area contributed by atoms with Crippen molar-refractivity contribution in [2.45, 2.75) is 10.8 Å². The summed E-state index contributed by atoms with van der Waals surface area (Å²) < 4.78 is 5.82. The molecule has 0 spiro atoms. The van der Waals surface area contributed by atoms with E-state index in [0.717, 1.165) is 39.2 Å². The molecule has 0 fully saturated rings. The van der Waals surface area contributed by atoms with E-state index >= 15 is 0 Å². The summed E-state index contributed by atoms with van der Waals surface area (Å²) in [5.41, 5.74) is 23.2. The monoisotopic (exact) mass is 917 g/mol. The molecule has 11 aromatic carbocycles. The number of benzene rings is 11. The number of fused-ring (bicyclic) bond motifs is 7. The molecule has 2 aliphatic rings. The quantitative estimate of drug-likeness (QED) is 0.143. The van der Waals surface area contributed by atoms with Crippen molar-refractivity contribution in [3.8, 4) is 44.5 Å². The molecule has 0 saturated carbocycles. The zero-order valence-electron chi connectivity index (χ0n) is 39.5. The summed E-state index contributed by atoms with van der Waals surface area (Å²) >= 11 is 0. The predicted octanol–water partition coefficient (Wildman–Crippen LogP) is 18.0. The van der Waals surface area contributed by atoms with E-state index in [1.807, 2.05) is 6.07 Å². The van der Waals surface area contributed by atoms with Crippen LogP contribution in [0.4, 0.5) is 17.1 Å². The smallest absolute Gasteiger partial charge is 0.133 e. The molecule has 0 saturated heterocycles. The molecule has 2 aliphatic carbocycles. The van der Waals surface area contributed by atoms with Crippen LogP contribution in [0.15, 0.2) is 290 Å². The van der Waals surface area contributed by atoms with Crippen molar-refractivity contribution in [2.75, 3.05) is 4.90 Å². The van der Waals surface area contributed by atoms with Crippen LogP contribution in [-0.4, -0.2) is 0 Å². The summed E-state index contributed by atoms with van der Waals surface area (Å²) in [6.45, 7) is 0. The average Bonchev–Trinajstić information content (AvgIpc) is 4.15. The molecule has 0 aliphatic heterocycles. The minimum atomic E-state index is -0.462. The van der Waals surface area contributed by atoms with Crippen molar-refractivity contribution in [2.24, 2.45) is 0 Å². The van der Waals surface area contributed by atoms with Gasteiger partial charge in [-0.3, -0.25) is 0 Å². The standard InChI is InChI=1S/C70H47NO/c1-5-17-53(18-6-1)69(54-19-7-2-8-20-54)64-27-15-13-25-60(64)62-40-33-50(46-66(62)69)48-29-35-57(36-30-48)71(59-39-42-68-52(45-59)43-44-72-68)58-37-31-49(32-38-58)51-34-41-63-61-26-14-16-28-65(61)70(67(63)47-51,55-21-9-3-10-22-55)56-23-11-4-12-24-56/h1-47H. The average molecular weight is 918 g/mol. The summed E-state index contributed by atoms with van der Waals surface area (Å²) in [6.07, 6.45) is 1.77. The summed E-state index contributed by atoms with van der Waals surface area (Å²) in [7, 11) is 0. The highest BCUT2D eigenvalue weighted by Gasteiger charge is 2.47. The second-order valence-electron chi connectivity index (χ2n) is 19.1. The van der Waals surface area contributed by atoms with Crippen LogP contribution in [0.25, 0.3) is 55.5 Å². The Morgan fingerprint density at radius 2 is 0.625 bits per heavy atom. The molecule has 2 heteroatoms. The lowest BCUT2D eigenvalue weighted by Gasteiger charge is -2.34. The Balaban J connectivity index is 0.860. The van der Waals surface area contributed by atoms with Crippen molar-refractivity contribution < 1.29 is 4.42 Å². The SMILES string of the molecule is c1ccc(C2(c3ccccc3)c3ccccc3-c3ccc(-c4ccc(N(c5ccc(-c6ccc7c(c6)C(c6ccccc6)(c6ccccc6)c6ccccc6-7)cc5)c5ccc6occc6c5)cc4)cc32)cc1. The van der Waals surface area contributed by atoms with Gasteiger partial charge in [-0.05, 0) is 150 Å². The maximum Gasteiger partial charge on any atom is 0.133 e. The molecule has 0 atom stereocenters. The Hall–Kier alpha value is -9.24. The minimum Gasteiger partial charge on any atom is -0.464 e. The van der Waals surface area contributed by atoms with Gasteiger partial charge in [0.25, 0.3) is 0 Å². The molecule has 12 aromatic rings. The van der Waals surface area contributed by atoms with Gasteiger partial charge in [0.2, 0.25) is 0 Å². The second kappa shape index (κ2) is 16.7. The van der Waals surface area contributed by atoms with Crippen LogP contribution in [0.2, 0.25) is 0 Å². The zero-order valence-corrected chi connectivity index (χ0v) is 39.5. The predicted molar refractivity (Wildman–Crippen MR) is 296 cm³/mol. The fourth-order valence-electron chi connectivity index (χ4n) is 12.4. The molecule has 338 valence electrons. The Kier molecular flexibility index (Phi) is 9.69. The first-order chi connectivity index (χ1) is 35.7. The Labute approximate surface area is 420 Å². The second-order valence-corrected chi connectivity index (χ2v) is 19.1. The molecule has 0 amide bonds. The van der Waals surface area contributed by atoms with E-state index in [9.17, 15) is 0 Å². The first-order valence-corrected chi connectivity index (χ1v) is 24.9. The first kappa shape index (κ1) is 41.7. The van der Waals surface area contributed by atoms with Gasteiger partial charge in [0.1, 0.15) is 5.58 Å². The zero-order chi connectivity index (χ0) is 47.6. The lowest BCUT2D eigenvalue weighted by atomic mass is 9.67. The lowest BCUT2D eigenvalue weighted by Crippen LogP contribution is -2.28. The van der Waals surface area contributed by atoms with E-state index in [1.165, 1.54) is 77.9 Å². The third-order valence-electron chi connectivity index (χ3n) is 15.5. The van der Waals surface area contributed by atoms with Crippen LogP contribution in [-0.2, 0) is 10.8 Å². The minimum absolute atomic E-state index is 0.462. The third kappa shape index (κ3) is 6.29. The third-order valence-corrected chi connectivity index (χ3v) is 15.5. The van der Waals surface area contributed by atoms with Crippen molar-refractivity contribution in [3.05, 3.63) is 330 Å². The van der Waals surface area contributed by atoms with Gasteiger partial charge in [-0.15, -0.1) is 0 Å². The summed E-state index contributed by atoms with van der Waals surface area (Å²) in [5, 5.41) is 1.06. The Morgan fingerprint density at radius 3 is 1.06 bits per heavy atom. The van der Waals surface area contributed by atoms with Gasteiger partial charge in [-0.25, -0.2) is 0 Å². The largest absolute Gasteiger partial charge is 0.464 e. The molecule has 1 heterocycles. The van der Waals surface area contributed by atoms with Crippen molar-refractivity contribution >= 4 is 28.0 Å². The number of rotatable bonds is 9. The summed E-state index contributed by atoms with van der Waals surface area (Å²) in [4.78, 5) is 2.35. The van der Waals surface area contributed by atoms with Gasteiger partial charge >= 0.3 is 0 Å². The number of hydrogen-bond donors (Lipinski definition) is 0. The Bertz CT molecular complexity index is 3650. The van der Waals surface area contributed by atoms with Crippen LogP contribution < -0.4 is 4.90 Å². The number of anilines is 3. The van der Waals surface area contributed by atoms with Crippen molar-refractivity contribution in [3.63, 3.8) is 0 Å². The molecule has 0 radical (unpaired) electrons. The van der Waals surface area contributed by atoms with E-state index in [-0.39, 0.29) is 0 Å². The summed E-state index contributed by atoms with van der Waals surface area (Å²) in [5.74, 6) is 0. The first-order valence-electron chi connectivity index (χ1n) is 24.9. The van der Waals surface area contributed by atoms with Crippen LogP contribution in [0.1, 0.15) is 44.5 Å². The van der Waals surface area contributed by atoms with Gasteiger partial charge in [-0.2, -0.15) is 0 Å². The highest BCUT2D eigenvalue weighted by atomic mass is 16.3. The van der Waals surface area contributed by atoms with E-state index in [2.05, 4.69) is 278 Å². The molecule has 0 unspecified atom stereocenters. The highest BCUT2D eigenvalue weighted by molar-refractivity contribution is 5.92. The van der Waals surface area contributed by atoms with Crippen molar-refractivity contribution in [1.82, 2.24) is 0 Å². The van der Waals surface area contributed by atoms with Gasteiger partial charge in [-0.1, -0.05) is 218 Å². The van der Waals surface area contributed by atoms with E-state index < -0.39 is 10.8 Å². The van der Waals surface area contributed by atoms with E-state index in [4.69, 9.17) is 4.42 Å². The number of furan rings is 1. The normalized spacial score (nSPS) is 13.5. The molecular formula is C70H47NO. The highest BCUT2D eigenvalue weighted by Crippen LogP contribution is 2.58. The van der Waals surface area contributed by atoms with Gasteiger partial charge < -0.3 is 9.32 Å². The van der Waals surface area contributed by atoms with Crippen LogP contribution in [0.5, 0.6) is 0 Å².